The summed E-state index contributed by atoms with van der Waals surface area (Å²) in [4.78, 5) is 11.4. The Balaban J connectivity index is 1.99. The molecule has 1 aromatic rings. The first-order chi connectivity index (χ1) is 9.27. The number of rotatable bonds is 2. The minimum absolute atomic E-state index is 0.0973. The van der Waals surface area contributed by atoms with Crippen molar-refractivity contribution >= 4 is 5.97 Å². The predicted octanol–water partition coefficient (Wildman–Crippen LogP) is 2.26. The minimum atomic E-state index is -0.850. The summed E-state index contributed by atoms with van der Waals surface area (Å²) in [5.41, 5.74) is 2.58. The molecular weight excluding hydrogens is 240 g/mol. The summed E-state index contributed by atoms with van der Waals surface area (Å²) in [7, 11) is 0. The van der Waals surface area contributed by atoms with Crippen LogP contribution in [0.2, 0.25) is 0 Å². The lowest BCUT2D eigenvalue weighted by Gasteiger charge is -2.38. The first kappa shape index (κ1) is 12.2. The smallest absolute Gasteiger partial charge is 0.336 e. The summed E-state index contributed by atoms with van der Waals surface area (Å²) in [6.07, 6.45) is 5.64. The van der Waals surface area contributed by atoms with Crippen molar-refractivity contribution in [2.45, 2.75) is 25.3 Å². The van der Waals surface area contributed by atoms with Crippen LogP contribution in [-0.2, 0) is 0 Å². The van der Waals surface area contributed by atoms with Gasteiger partial charge < -0.3 is 10.4 Å². The van der Waals surface area contributed by atoms with E-state index in [9.17, 15) is 9.90 Å². The lowest BCUT2D eigenvalue weighted by atomic mass is 9.80. The second-order valence-corrected chi connectivity index (χ2v) is 5.12. The van der Waals surface area contributed by atoms with Crippen molar-refractivity contribution < 1.29 is 9.90 Å². The van der Waals surface area contributed by atoms with Gasteiger partial charge in [-0.05, 0) is 30.9 Å². The Morgan fingerprint density at radius 3 is 3.00 bits per heavy atom. The fourth-order valence-corrected chi connectivity index (χ4v) is 3.15. The SMILES string of the molecule is O=C(O)c1ccccc1C1NCNC2=CCCCC21. The summed E-state index contributed by atoms with van der Waals surface area (Å²) in [5.74, 6) is -0.486. The van der Waals surface area contributed by atoms with Crippen LogP contribution in [0.25, 0.3) is 0 Å². The van der Waals surface area contributed by atoms with Gasteiger partial charge in [0, 0.05) is 17.7 Å². The molecule has 1 heterocycles. The van der Waals surface area contributed by atoms with Crippen LogP contribution < -0.4 is 10.6 Å². The molecule has 3 rings (SSSR count). The van der Waals surface area contributed by atoms with E-state index < -0.39 is 5.97 Å². The summed E-state index contributed by atoms with van der Waals surface area (Å²) in [5, 5.41) is 16.1. The number of fused-ring (bicyclic) bond motifs is 1. The zero-order valence-corrected chi connectivity index (χ0v) is 10.7. The Bertz CT molecular complexity index is 525. The van der Waals surface area contributed by atoms with Crippen molar-refractivity contribution in [3.63, 3.8) is 0 Å². The third kappa shape index (κ3) is 2.24. The molecule has 1 aromatic carbocycles. The first-order valence-electron chi connectivity index (χ1n) is 6.77. The fraction of sp³-hybridized carbons (Fsp3) is 0.400. The molecule has 1 saturated heterocycles. The maximum Gasteiger partial charge on any atom is 0.336 e. The van der Waals surface area contributed by atoms with Crippen LogP contribution in [-0.4, -0.2) is 17.7 Å². The van der Waals surface area contributed by atoms with E-state index in [0.717, 1.165) is 18.4 Å². The van der Waals surface area contributed by atoms with Gasteiger partial charge in [0.15, 0.2) is 0 Å². The van der Waals surface area contributed by atoms with E-state index in [0.29, 0.717) is 18.2 Å². The maximum atomic E-state index is 11.4. The molecule has 0 saturated carbocycles. The van der Waals surface area contributed by atoms with Gasteiger partial charge in [-0.2, -0.15) is 0 Å². The molecule has 2 atom stereocenters. The standard InChI is InChI=1S/C15H18N2O2/c18-15(19)11-6-2-1-5-10(11)14-12-7-3-4-8-13(12)16-9-17-14/h1-2,5-6,8,12,14,16-17H,3-4,7,9H2,(H,18,19). The normalized spacial score (nSPS) is 26.0. The van der Waals surface area contributed by atoms with Crippen LogP contribution in [0.3, 0.4) is 0 Å². The van der Waals surface area contributed by atoms with Crippen LogP contribution in [0.1, 0.15) is 41.2 Å². The second-order valence-electron chi connectivity index (χ2n) is 5.12. The van der Waals surface area contributed by atoms with Crippen molar-refractivity contribution in [2.75, 3.05) is 6.67 Å². The topological polar surface area (TPSA) is 61.4 Å². The summed E-state index contributed by atoms with van der Waals surface area (Å²) in [6, 6.07) is 7.41. The number of nitrogens with one attached hydrogen (secondary N) is 2. The summed E-state index contributed by atoms with van der Waals surface area (Å²) < 4.78 is 0. The van der Waals surface area contributed by atoms with Gasteiger partial charge in [-0.25, -0.2) is 4.79 Å². The average Bonchev–Trinajstić information content (AvgIpc) is 2.46. The largest absolute Gasteiger partial charge is 0.478 e. The zero-order valence-electron chi connectivity index (χ0n) is 10.7. The molecular formula is C15H18N2O2. The Kier molecular flexibility index (Phi) is 3.25. The van der Waals surface area contributed by atoms with Gasteiger partial charge in [-0.1, -0.05) is 24.3 Å². The third-order valence-electron chi connectivity index (χ3n) is 4.03. The monoisotopic (exact) mass is 258 g/mol. The van der Waals surface area contributed by atoms with E-state index in [1.165, 1.54) is 12.1 Å². The fourth-order valence-electron chi connectivity index (χ4n) is 3.15. The van der Waals surface area contributed by atoms with Crippen LogP contribution >= 0.6 is 0 Å². The van der Waals surface area contributed by atoms with Crippen LogP contribution in [0.4, 0.5) is 0 Å². The second kappa shape index (κ2) is 5.05. The Labute approximate surface area is 112 Å². The van der Waals surface area contributed by atoms with Crippen molar-refractivity contribution in [3.05, 3.63) is 47.2 Å². The molecule has 0 spiro atoms. The number of allylic oxidation sites excluding steroid dienone is 1. The zero-order chi connectivity index (χ0) is 13.2. The molecule has 0 aromatic heterocycles. The molecule has 2 unspecified atom stereocenters. The van der Waals surface area contributed by atoms with Crippen molar-refractivity contribution in [1.82, 2.24) is 10.6 Å². The number of carboxylic acids is 1. The van der Waals surface area contributed by atoms with Crippen LogP contribution in [0.5, 0.6) is 0 Å². The Morgan fingerprint density at radius 1 is 1.32 bits per heavy atom. The summed E-state index contributed by atoms with van der Waals surface area (Å²) in [6.45, 7) is 0.695. The van der Waals surface area contributed by atoms with Gasteiger partial charge in [-0.15, -0.1) is 0 Å². The molecule has 0 radical (unpaired) electrons. The lowest BCUT2D eigenvalue weighted by molar-refractivity contribution is 0.0694. The highest BCUT2D eigenvalue weighted by molar-refractivity contribution is 5.89. The Hall–Kier alpha value is -1.81. The first-order valence-corrected chi connectivity index (χ1v) is 6.77. The number of aromatic carboxylic acids is 1. The van der Waals surface area contributed by atoms with E-state index in [4.69, 9.17) is 0 Å². The molecule has 4 heteroatoms. The number of hydrogen-bond acceptors (Lipinski definition) is 3. The number of hydrogen-bond donors (Lipinski definition) is 3. The minimum Gasteiger partial charge on any atom is -0.478 e. The molecule has 100 valence electrons. The average molecular weight is 258 g/mol. The number of benzene rings is 1. The van der Waals surface area contributed by atoms with E-state index in [1.54, 1.807) is 12.1 Å². The van der Waals surface area contributed by atoms with E-state index in [-0.39, 0.29) is 6.04 Å². The van der Waals surface area contributed by atoms with Crippen LogP contribution in [0, 0.1) is 5.92 Å². The van der Waals surface area contributed by atoms with Gasteiger partial charge in [0.2, 0.25) is 0 Å². The quantitative estimate of drug-likeness (QED) is 0.761. The van der Waals surface area contributed by atoms with Gasteiger partial charge in [0.05, 0.1) is 12.2 Å². The number of carboxylic acid groups (broad SMARTS) is 1. The molecule has 0 bridgehead atoms. The predicted molar refractivity (Wildman–Crippen MR) is 72.7 cm³/mol. The molecule has 4 nitrogen and oxygen atoms in total. The van der Waals surface area contributed by atoms with Gasteiger partial charge in [0.25, 0.3) is 0 Å². The Morgan fingerprint density at radius 2 is 2.16 bits per heavy atom. The van der Waals surface area contributed by atoms with Crippen molar-refractivity contribution in [1.29, 1.82) is 0 Å². The van der Waals surface area contributed by atoms with E-state index in [2.05, 4.69) is 16.7 Å². The molecule has 2 aliphatic rings. The lowest BCUT2D eigenvalue weighted by Crippen LogP contribution is -2.45. The molecule has 1 fully saturated rings. The highest BCUT2D eigenvalue weighted by Gasteiger charge is 2.32. The summed E-state index contributed by atoms with van der Waals surface area (Å²) >= 11 is 0. The molecule has 0 amide bonds. The van der Waals surface area contributed by atoms with Crippen LogP contribution in [0.15, 0.2) is 36.0 Å². The highest BCUT2D eigenvalue weighted by Crippen LogP contribution is 2.37. The molecule has 19 heavy (non-hydrogen) atoms. The molecule has 1 aliphatic heterocycles. The van der Waals surface area contributed by atoms with Gasteiger partial charge in [0.1, 0.15) is 0 Å². The van der Waals surface area contributed by atoms with E-state index >= 15 is 0 Å². The molecule has 1 aliphatic carbocycles. The maximum absolute atomic E-state index is 11.4. The van der Waals surface area contributed by atoms with Gasteiger partial charge in [-0.3, -0.25) is 5.32 Å². The number of carbonyl (C=O) groups is 1. The third-order valence-corrected chi connectivity index (χ3v) is 4.03. The van der Waals surface area contributed by atoms with Gasteiger partial charge >= 0.3 is 5.97 Å². The van der Waals surface area contributed by atoms with Crippen molar-refractivity contribution in [3.8, 4) is 0 Å². The van der Waals surface area contributed by atoms with Crippen molar-refractivity contribution in [2.24, 2.45) is 5.92 Å². The highest BCUT2D eigenvalue weighted by atomic mass is 16.4. The van der Waals surface area contributed by atoms with E-state index in [1.807, 2.05) is 12.1 Å². The molecule has 3 N–H and O–H groups in total.